The van der Waals surface area contributed by atoms with E-state index in [1.165, 1.54) is 13.2 Å². The molecule has 0 amide bonds. The van der Waals surface area contributed by atoms with Gasteiger partial charge in [0.15, 0.2) is 11.6 Å². The fraction of sp³-hybridized carbons (Fsp3) is 0.357. The summed E-state index contributed by atoms with van der Waals surface area (Å²) in [4.78, 5) is 4.23. The van der Waals surface area contributed by atoms with Gasteiger partial charge in [-0.25, -0.2) is 9.37 Å². The van der Waals surface area contributed by atoms with Crippen LogP contribution in [0, 0.1) is 5.82 Å². The lowest BCUT2D eigenvalue weighted by Crippen LogP contribution is -2.07. The van der Waals surface area contributed by atoms with Gasteiger partial charge in [0.25, 0.3) is 0 Å². The van der Waals surface area contributed by atoms with Crippen LogP contribution < -0.4 is 10.1 Å². The van der Waals surface area contributed by atoms with Crippen LogP contribution in [0.2, 0.25) is 0 Å². The second kappa shape index (κ2) is 6.22. The molecule has 5 heteroatoms. The molecule has 0 bridgehead atoms. The van der Waals surface area contributed by atoms with Gasteiger partial charge in [0.2, 0.25) is 5.95 Å². The van der Waals surface area contributed by atoms with E-state index in [0.717, 1.165) is 31.0 Å². The minimum Gasteiger partial charge on any atom is -0.494 e. The van der Waals surface area contributed by atoms with Gasteiger partial charge in [-0.15, -0.1) is 0 Å². The molecule has 102 valence electrons. The van der Waals surface area contributed by atoms with E-state index in [2.05, 4.69) is 17.2 Å². The van der Waals surface area contributed by atoms with Crippen LogP contribution in [0.5, 0.6) is 5.75 Å². The van der Waals surface area contributed by atoms with Crippen LogP contribution in [0.4, 0.5) is 10.3 Å². The lowest BCUT2D eigenvalue weighted by atomic mass is 10.3. The first-order valence-electron chi connectivity index (χ1n) is 6.37. The van der Waals surface area contributed by atoms with Crippen molar-refractivity contribution in [3.05, 3.63) is 36.4 Å². The Bertz CT molecular complexity index is 539. The second-order valence-electron chi connectivity index (χ2n) is 4.22. The number of hydrogen-bond acceptors (Lipinski definition) is 3. The van der Waals surface area contributed by atoms with Crippen LogP contribution in [0.15, 0.2) is 30.6 Å². The van der Waals surface area contributed by atoms with Gasteiger partial charge in [-0.2, -0.15) is 0 Å². The van der Waals surface area contributed by atoms with Crippen LogP contribution in [0.3, 0.4) is 0 Å². The summed E-state index contributed by atoms with van der Waals surface area (Å²) in [5.74, 6) is 0.579. The Balaban J connectivity index is 2.22. The Morgan fingerprint density at radius 1 is 1.42 bits per heavy atom. The highest BCUT2D eigenvalue weighted by molar-refractivity contribution is 5.44. The quantitative estimate of drug-likeness (QED) is 0.813. The number of ether oxygens (including phenoxy) is 1. The third-order valence-electron chi connectivity index (χ3n) is 2.87. The van der Waals surface area contributed by atoms with E-state index in [0.29, 0.717) is 0 Å². The Kier molecular flexibility index (Phi) is 4.39. The van der Waals surface area contributed by atoms with Gasteiger partial charge in [-0.05, 0) is 18.6 Å². The number of nitrogens with one attached hydrogen (secondary N) is 1. The molecule has 19 heavy (non-hydrogen) atoms. The Morgan fingerprint density at radius 2 is 2.26 bits per heavy atom. The van der Waals surface area contributed by atoms with Crippen molar-refractivity contribution in [2.75, 3.05) is 19.0 Å². The molecule has 1 aromatic carbocycles. The van der Waals surface area contributed by atoms with Gasteiger partial charge in [-0.3, -0.25) is 4.57 Å². The minimum atomic E-state index is -0.381. The molecule has 0 saturated carbocycles. The SMILES string of the molecule is CCCCNc1nccn1-c1ccc(OC)c(F)c1. The molecular weight excluding hydrogens is 245 g/mol. The highest BCUT2D eigenvalue weighted by atomic mass is 19.1. The maximum atomic E-state index is 13.7. The third-order valence-corrected chi connectivity index (χ3v) is 2.87. The zero-order valence-electron chi connectivity index (χ0n) is 11.2. The average molecular weight is 263 g/mol. The smallest absolute Gasteiger partial charge is 0.207 e. The molecule has 2 aromatic rings. The zero-order valence-corrected chi connectivity index (χ0v) is 11.2. The number of imidazole rings is 1. The van der Waals surface area contributed by atoms with E-state index < -0.39 is 0 Å². The number of unbranched alkanes of at least 4 members (excludes halogenated alkanes) is 1. The van der Waals surface area contributed by atoms with Crippen LogP contribution in [0.1, 0.15) is 19.8 Å². The number of hydrogen-bond donors (Lipinski definition) is 1. The topological polar surface area (TPSA) is 39.1 Å². The number of aromatic nitrogens is 2. The lowest BCUT2D eigenvalue weighted by molar-refractivity contribution is 0.386. The predicted octanol–water partition coefficient (Wildman–Crippen LogP) is 3.23. The molecular formula is C14H18FN3O. The summed E-state index contributed by atoms with van der Waals surface area (Å²) in [6.07, 6.45) is 5.68. The van der Waals surface area contributed by atoms with Crippen molar-refractivity contribution in [2.24, 2.45) is 0 Å². The summed E-state index contributed by atoms with van der Waals surface area (Å²) in [5, 5.41) is 3.24. The van der Waals surface area contributed by atoms with E-state index in [9.17, 15) is 4.39 Å². The van der Waals surface area contributed by atoms with E-state index in [4.69, 9.17) is 4.74 Å². The first-order valence-corrected chi connectivity index (χ1v) is 6.37. The maximum absolute atomic E-state index is 13.7. The molecule has 1 aromatic heterocycles. The van der Waals surface area contributed by atoms with Gasteiger partial charge < -0.3 is 10.1 Å². The summed E-state index contributed by atoms with van der Waals surface area (Å²) in [6, 6.07) is 4.85. The van der Waals surface area contributed by atoms with Crippen molar-refractivity contribution in [1.29, 1.82) is 0 Å². The monoisotopic (exact) mass is 263 g/mol. The first-order chi connectivity index (χ1) is 9.26. The molecule has 0 fully saturated rings. The molecule has 0 radical (unpaired) electrons. The molecule has 0 unspecified atom stereocenters. The van der Waals surface area contributed by atoms with Crippen LogP contribution in [0.25, 0.3) is 5.69 Å². The Morgan fingerprint density at radius 3 is 2.95 bits per heavy atom. The van der Waals surface area contributed by atoms with Gasteiger partial charge in [0, 0.05) is 25.0 Å². The second-order valence-corrected chi connectivity index (χ2v) is 4.22. The molecule has 0 aliphatic heterocycles. The molecule has 1 N–H and O–H groups in total. The normalized spacial score (nSPS) is 10.5. The van der Waals surface area contributed by atoms with E-state index in [-0.39, 0.29) is 11.6 Å². The number of nitrogens with zero attached hydrogens (tertiary/aromatic N) is 2. The van der Waals surface area contributed by atoms with Crippen molar-refractivity contribution in [2.45, 2.75) is 19.8 Å². The van der Waals surface area contributed by atoms with Crippen molar-refractivity contribution in [3.63, 3.8) is 0 Å². The molecule has 0 spiro atoms. The third kappa shape index (κ3) is 3.05. The summed E-state index contributed by atoms with van der Waals surface area (Å²) in [6.45, 7) is 2.99. The molecule has 0 aliphatic carbocycles. The highest BCUT2D eigenvalue weighted by Gasteiger charge is 2.08. The van der Waals surface area contributed by atoms with Gasteiger partial charge in [0.05, 0.1) is 12.8 Å². The summed E-state index contributed by atoms with van der Waals surface area (Å²) in [7, 11) is 1.45. The lowest BCUT2D eigenvalue weighted by Gasteiger charge is -2.10. The predicted molar refractivity (Wildman–Crippen MR) is 73.5 cm³/mol. The molecule has 1 heterocycles. The van der Waals surface area contributed by atoms with Crippen molar-refractivity contribution in [1.82, 2.24) is 9.55 Å². The zero-order chi connectivity index (χ0) is 13.7. The summed E-state index contributed by atoms with van der Waals surface area (Å²) >= 11 is 0. The first kappa shape index (κ1) is 13.4. The van der Waals surface area contributed by atoms with E-state index in [1.54, 1.807) is 24.5 Å². The largest absolute Gasteiger partial charge is 0.494 e. The van der Waals surface area contributed by atoms with Crippen molar-refractivity contribution >= 4 is 5.95 Å². The molecule has 4 nitrogen and oxygen atoms in total. The highest BCUT2D eigenvalue weighted by Crippen LogP contribution is 2.22. The number of halogens is 1. The fourth-order valence-electron chi connectivity index (χ4n) is 1.82. The standard InChI is InChI=1S/C14H18FN3O/c1-3-4-7-16-14-17-8-9-18(14)11-5-6-13(19-2)12(15)10-11/h5-6,8-10H,3-4,7H2,1-2H3,(H,16,17). The maximum Gasteiger partial charge on any atom is 0.207 e. The molecule has 0 saturated heterocycles. The molecule has 0 aliphatic rings. The van der Waals surface area contributed by atoms with Gasteiger partial charge in [0.1, 0.15) is 0 Å². The number of anilines is 1. The summed E-state index contributed by atoms with van der Waals surface area (Å²) < 4.78 is 20.4. The van der Waals surface area contributed by atoms with Crippen LogP contribution in [-0.2, 0) is 0 Å². The van der Waals surface area contributed by atoms with Crippen LogP contribution in [-0.4, -0.2) is 23.2 Å². The van der Waals surface area contributed by atoms with E-state index >= 15 is 0 Å². The fourth-order valence-corrected chi connectivity index (χ4v) is 1.82. The van der Waals surface area contributed by atoms with Gasteiger partial charge >= 0.3 is 0 Å². The van der Waals surface area contributed by atoms with E-state index in [1.807, 2.05) is 4.57 Å². The Labute approximate surface area is 112 Å². The van der Waals surface area contributed by atoms with Crippen molar-refractivity contribution in [3.8, 4) is 11.4 Å². The molecule has 2 rings (SSSR count). The van der Waals surface area contributed by atoms with Gasteiger partial charge in [-0.1, -0.05) is 13.3 Å². The average Bonchev–Trinajstić information content (AvgIpc) is 2.87. The number of rotatable bonds is 6. The minimum absolute atomic E-state index is 0.240. The summed E-state index contributed by atoms with van der Waals surface area (Å²) in [5.41, 5.74) is 0.717. The van der Waals surface area contributed by atoms with Crippen molar-refractivity contribution < 1.29 is 9.13 Å². The van der Waals surface area contributed by atoms with Crippen LogP contribution >= 0.6 is 0 Å². The Hall–Kier alpha value is -2.04. The number of benzene rings is 1. The number of methoxy groups -OCH3 is 1. The molecule has 0 atom stereocenters.